The summed E-state index contributed by atoms with van der Waals surface area (Å²) in [5.41, 5.74) is 0. The van der Waals surface area contributed by atoms with Crippen molar-refractivity contribution in [1.82, 2.24) is 4.90 Å². The first-order chi connectivity index (χ1) is 6.16. The van der Waals surface area contributed by atoms with Gasteiger partial charge in [0.2, 0.25) is 0 Å². The highest BCUT2D eigenvalue weighted by molar-refractivity contribution is 5.75. The smallest absolute Gasteiger partial charge is 0.129 e. The molecule has 3 nitrogen and oxygen atoms in total. The lowest BCUT2D eigenvalue weighted by atomic mass is 10.2. The summed E-state index contributed by atoms with van der Waals surface area (Å²) < 4.78 is 4.96. The fraction of sp³-hybridized carbons (Fsp3) is 0.900. The van der Waals surface area contributed by atoms with Gasteiger partial charge < -0.3 is 14.4 Å². The second kappa shape index (κ2) is 8.20. The van der Waals surface area contributed by atoms with Gasteiger partial charge in [-0.3, -0.25) is 0 Å². The Morgan fingerprint density at radius 3 is 2.54 bits per heavy atom. The molecule has 78 valence electrons. The number of methoxy groups -OCH3 is 1. The molecule has 0 saturated heterocycles. The minimum absolute atomic E-state index is 0.291. The van der Waals surface area contributed by atoms with Gasteiger partial charge in [0, 0.05) is 20.1 Å². The Hall–Kier alpha value is -0.410. The highest BCUT2D eigenvalue weighted by Crippen LogP contribution is 1.97. The van der Waals surface area contributed by atoms with Crippen LogP contribution >= 0.6 is 0 Å². The highest BCUT2D eigenvalue weighted by Gasteiger charge is 1.98. The van der Waals surface area contributed by atoms with Crippen LogP contribution in [0.3, 0.4) is 0 Å². The number of hydrogen-bond donors (Lipinski definition) is 0. The van der Waals surface area contributed by atoms with Gasteiger partial charge in [-0.05, 0) is 33.4 Å². The predicted octanol–water partition coefficient (Wildman–Crippen LogP) is 1.32. The molecule has 0 amide bonds. The number of Topliss-reactive ketones (excluding diaryl/α,β-unsaturated/α-hetero) is 1. The maximum atomic E-state index is 10.6. The Morgan fingerprint density at radius 1 is 1.31 bits per heavy atom. The van der Waals surface area contributed by atoms with Crippen LogP contribution in [0.25, 0.3) is 0 Å². The normalized spacial score (nSPS) is 10.8. The van der Waals surface area contributed by atoms with Crippen molar-refractivity contribution in [3.05, 3.63) is 0 Å². The van der Waals surface area contributed by atoms with Crippen LogP contribution in [0.5, 0.6) is 0 Å². The zero-order valence-electron chi connectivity index (χ0n) is 9.01. The molecule has 0 fully saturated rings. The fourth-order valence-corrected chi connectivity index (χ4v) is 1.11. The second-order valence-corrected chi connectivity index (χ2v) is 3.46. The van der Waals surface area contributed by atoms with Gasteiger partial charge in [0.25, 0.3) is 0 Å². The van der Waals surface area contributed by atoms with Gasteiger partial charge in [-0.2, -0.15) is 0 Å². The molecule has 0 saturated carbocycles. The SMILES string of the molecule is COCCN(C)CCCCC(C)=O. The molecule has 0 heterocycles. The molecule has 3 heteroatoms. The zero-order chi connectivity index (χ0) is 10.1. The van der Waals surface area contributed by atoms with E-state index in [2.05, 4.69) is 11.9 Å². The lowest BCUT2D eigenvalue weighted by molar-refractivity contribution is -0.117. The molecular weight excluding hydrogens is 166 g/mol. The number of likely N-dealkylation sites (N-methyl/N-ethyl adjacent to an activating group) is 1. The maximum Gasteiger partial charge on any atom is 0.129 e. The summed E-state index contributed by atoms with van der Waals surface area (Å²) >= 11 is 0. The number of ketones is 1. The fourth-order valence-electron chi connectivity index (χ4n) is 1.11. The molecule has 0 aliphatic rings. The van der Waals surface area contributed by atoms with Crippen LogP contribution in [0.4, 0.5) is 0 Å². The van der Waals surface area contributed by atoms with E-state index >= 15 is 0 Å². The van der Waals surface area contributed by atoms with Gasteiger partial charge in [0.1, 0.15) is 5.78 Å². The number of rotatable bonds is 8. The van der Waals surface area contributed by atoms with Crippen LogP contribution in [0.2, 0.25) is 0 Å². The van der Waals surface area contributed by atoms with E-state index in [0.717, 1.165) is 39.0 Å². The molecular formula is C10H21NO2. The van der Waals surface area contributed by atoms with Crippen molar-refractivity contribution < 1.29 is 9.53 Å². The van der Waals surface area contributed by atoms with E-state index in [-0.39, 0.29) is 0 Å². The third-order valence-corrected chi connectivity index (χ3v) is 2.00. The molecule has 0 rings (SSSR count). The molecule has 0 radical (unpaired) electrons. The molecule has 13 heavy (non-hydrogen) atoms. The van der Waals surface area contributed by atoms with Crippen LogP contribution < -0.4 is 0 Å². The van der Waals surface area contributed by atoms with Crippen LogP contribution in [0.1, 0.15) is 26.2 Å². The van der Waals surface area contributed by atoms with Crippen LogP contribution in [0, 0.1) is 0 Å². The van der Waals surface area contributed by atoms with E-state index in [9.17, 15) is 4.79 Å². The highest BCUT2D eigenvalue weighted by atomic mass is 16.5. The molecule has 0 aromatic heterocycles. The van der Waals surface area contributed by atoms with Crippen LogP contribution in [0.15, 0.2) is 0 Å². The van der Waals surface area contributed by atoms with Crippen molar-refractivity contribution in [2.45, 2.75) is 26.2 Å². The van der Waals surface area contributed by atoms with E-state index in [0.29, 0.717) is 5.78 Å². The van der Waals surface area contributed by atoms with Crippen LogP contribution in [-0.4, -0.2) is 44.5 Å². The van der Waals surface area contributed by atoms with Gasteiger partial charge in [-0.15, -0.1) is 0 Å². The van der Waals surface area contributed by atoms with Crippen molar-refractivity contribution >= 4 is 5.78 Å². The number of ether oxygens (including phenoxy) is 1. The molecule has 0 unspecified atom stereocenters. The van der Waals surface area contributed by atoms with Gasteiger partial charge in [-0.1, -0.05) is 0 Å². The Kier molecular flexibility index (Phi) is 7.94. The number of hydrogen-bond acceptors (Lipinski definition) is 3. The van der Waals surface area contributed by atoms with Crippen molar-refractivity contribution in [3.63, 3.8) is 0 Å². The van der Waals surface area contributed by atoms with Gasteiger partial charge >= 0.3 is 0 Å². The summed E-state index contributed by atoms with van der Waals surface area (Å²) in [6.45, 7) is 4.45. The quantitative estimate of drug-likeness (QED) is 0.537. The summed E-state index contributed by atoms with van der Waals surface area (Å²) in [6, 6.07) is 0. The molecule has 0 spiro atoms. The Bertz CT molecular complexity index is 137. The van der Waals surface area contributed by atoms with Crippen molar-refractivity contribution in [3.8, 4) is 0 Å². The molecule has 0 aromatic carbocycles. The standard InChI is InChI=1S/C10H21NO2/c1-10(12)6-4-5-7-11(2)8-9-13-3/h4-9H2,1-3H3. The topological polar surface area (TPSA) is 29.5 Å². The van der Waals surface area contributed by atoms with E-state index in [1.54, 1.807) is 14.0 Å². The average molecular weight is 187 g/mol. The first kappa shape index (κ1) is 12.6. The van der Waals surface area contributed by atoms with Gasteiger partial charge in [0.15, 0.2) is 0 Å². The molecule has 0 aromatic rings. The average Bonchev–Trinajstić information content (AvgIpc) is 2.08. The second-order valence-electron chi connectivity index (χ2n) is 3.46. The van der Waals surface area contributed by atoms with E-state index in [4.69, 9.17) is 4.74 Å². The first-order valence-corrected chi connectivity index (χ1v) is 4.83. The summed E-state index contributed by atoms with van der Waals surface area (Å²) in [5.74, 6) is 0.291. The summed E-state index contributed by atoms with van der Waals surface area (Å²) in [4.78, 5) is 12.9. The zero-order valence-corrected chi connectivity index (χ0v) is 9.01. The minimum atomic E-state index is 0.291. The van der Waals surface area contributed by atoms with Crippen molar-refractivity contribution in [1.29, 1.82) is 0 Å². The third kappa shape index (κ3) is 9.50. The maximum absolute atomic E-state index is 10.6. The van der Waals surface area contributed by atoms with E-state index in [1.807, 2.05) is 0 Å². The number of carbonyl (C=O) groups is 1. The summed E-state index contributed by atoms with van der Waals surface area (Å²) in [7, 11) is 3.79. The molecule has 0 bridgehead atoms. The van der Waals surface area contributed by atoms with Crippen LogP contribution in [-0.2, 0) is 9.53 Å². The number of carbonyl (C=O) groups excluding carboxylic acids is 1. The Labute approximate surface area is 81.1 Å². The predicted molar refractivity (Wildman–Crippen MR) is 53.9 cm³/mol. The van der Waals surface area contributed by atoms with Gasteiger partial charge in [0.05, 0.1) is 6.61 Å². The lowest BCUT2D eigenvalue weighted by Gasteiger charge is -2.15. The molecule has 0 atom stereocenters. The van der Waals surface area contributed by atoms with Crippen molar-refractivity contribution in [2.75, 3.05) is 33.9 Å². The van der Waals surface area contributed by atoms with Gasteiger partial charge in [-0.25, -0.2) is 0 Å². The Balaban J connectivity index is 3.16. The largest absolute Gasteiger partial charge is 0.383 e. The molecule has 0 N–H and O–H groups in total. The summed E-state index contributed by atoms with van der Waals surface area (Å²) in [6.07, 6.45) is 2.82. The van der Waals surface area contributed by atoms with E-state index < -0.39 is 0 Å². The molecule has 0 aliphatic carbocycles. The third-order valence-electron chi connectivity index (χ3n) is 2.00. The number of unbranched alkanes of at least 4 members (excludes halogenated alkanes) is 1. The molecule has 0 aliphatic heterocycles. The number of nitrogens with zero attached hydrogens (tertiary/aromatic N) is 1. The minimum Gasteiger partial charge on any atom is -0.383 e. The first-order valence-electron chi connectivity index (χ1n) is 4.83. The lowest BCUT2D eigenvalue weighted by Crippen LogP contribution is -2.23. The van der Waals surface area contributed by atoms with Crippen molar-refractivity contribution in [2.24, 2.45) is 0 Å². The monoisotopic (exact) mass is 187 g/mol. The summed E-state index contributed by atoms with van der Waals surface area (Å²) in [5, 5.41) is 0. The Morgan fingerprint density at radius 2 is 2.00 bits per heavy atom. The van der Waals surface area contributed by atoms with E-state index in [1.165, 1.54) is 0 Å².